The molecule has 1 aliphatic heterocycles. The molecule has 1 aliphatic rings. The van der Waals surface area contributed by atoms with Crippen molar-refractivity contribution in [3.8, 4) is 0 Å². The normalized spacial score (nSPS) is 20.8. The zero-order valence-electron chi connectivity index (χ0n) is 35.6. The first-order valence-corrected chi connectivity index (χ1v) is 23.8. The van der Waals surface area contributed by atoms with Crippen LogP contribution in [0.25, 0.3) is 0 Å². The highest BCUT2D eigenvalue weighted by molar-refractivity contribution is 7.85. The number of aliphatic hydroxyl groups is 3. The molecule has 4 N–H and O–H groups in total. The van der Waals surface area contributed by atoms with Gasteiger partial charge in [0.05, 0.1) is 6.61 Å². The second kappa shape index (κ2) is 35.4. The molecule has 1 rings (SSSR count). The van der Waals surface area contributed by atoms with E-state index in [0.29, 0.717) is 19.3 Å². The van der Waals surface area contributed by atoms with Gasteiger partial charge in [-0.15, -0.1) is 0 Å². The zero-order chi connectivity index (χ0) is 42.7. The summed E-state index contributed by atoms with van der Waals surface area (Å²) in [6, 6.07) is 0. The largest absolute Gasteiger partial charge is 0.462 e. The maximum atomic E-state index is 12.8. The minimum Gasteiger partial charge on any atom is -0.462 e. The molecule has 13 heteroatoms. The van der Waals surface area contributed by atoms with Gasteiger partial charge in [0.2, 0.25) is 0 Å². The van der Waals surface area contributed by atoms with Crippen LogP contribution in [-0.2, 0) is 38.7 Å². The minimum absolute atomic E-state index is 0.0899. The summed E-state index contributed by atoms with van der Waals surface area (Å²) in [6.45, 7) is 3.68. The Kier molecular flexibility index (Phi) is 32.7. The first-order valence-electron chi connectivity index (χ1n) is 22.2. The molecule has 1 fully saturated rings. The van der Waals surface area contributed by atoms with Crippen LogP contribution in [0.15, 0.2) is 48.6 Å². The van der Waals surface area contributed by atoms with E-state index in [-0.39, 0.29) is 19.4 Å². The SMILES string of the molecule is CCCCCC/C=C/CCCCCCCC(=O)OC[C@H](CO[C@H]1O[C@H](CS(=O)(=O)O)[C@@H](O)C(O)C1O)OC(=O)CCC/C=C/C/C=C/C/C=C/CCCCCCCC. The number of allylic oxidation sites excluding steroid dienone is 8. The molecule has 1 heterocycles. The fourth-order valence-electron chi connectivity index (χ4n) is 6.39. The Labute approximate surface area is 350 Å². The number of aliphatic hydroxyl groups excluding tert-OH is 3. The molecule has 0 spiro atoms. The molecule has 0 bridgehead atoms. The molecule has 58 heavy (non-hydrogen) atoms. The topological polar surface area (TPSA) is 186 Å². The number of hydrogen-bond donors (Lipinski definition) is 4. The van der Waals surface area contributed by atoms with E-state index in [0.717, 1.165) is 57.8 Å². The fraction of sp³-hybridized carbons (Fsp3) is 0.778. The molecule has 1 saturated heterocycles. The number of esters is 2. The zero-order valence-corrected chi connectivity index (χ0v) is 36.5. The van der Waals surface area contributed by atoms with Crippen LogP contribution in [0.5, 0.6) is 0 Å². The van der Waals surface area contributed by atoms with Crippen molar-refractivity contribution in [2.75, 3.05) is 19.0 Å². The van der Waals surface area contributed by atoms with E-state index >= 15 is 0 Å². The Balaban J connectivity index is 2.51. The minimum atomic E-state index is -4.61. The number of carbonyl (C=O) groups excluding carboxylic acids is 2. The number of carbonyl (C=O) groups is 2. The molecule has 2 unspecified atom stereocenters. The van der Waals surface area contributed by atoms with E-state index in [9.17, 15) is 37.9 Å². The van der Waals surface area contributed by atoms with Crippen molar-refractivity contribution in [2.24, 2.45) is 0 Å². The van der Waals surface area contributed by atoms with Crippen LogP contribution in [0.2, 0.25) is 0 Å². The monoisotopic (exact) mass is 843 g/mol. The fourth-order valence-corrected chi connectivity index (χ4v) is 7.08. The highest BCUT2D eigenvalue weighted by Crippen LogP contribution is 2.24. The molecular weight excluding hydrogens is 765 g/mol. The van der Waals surface area contributed by atoms with Crippen molar-refractivity contribution in [1.29, 1.82) is 0 Å². The van der Waals surface area contributed by atoms with Gasteiger partial charge in [-0.25, -0.2) is 0 Å². The van der Waals surface area contributed by atoms with Crippen molar-refractivity contribution in [3.63, 3.8) is 0 Å². The van der Waals surface area contributed by atoms with Gasteiger partial charge in [-0.05, 0) is 70.6 Å². The Bertz CT molecular complexity index is 1260. The summed E-state index contributed by atoms with van der Waals surface area (Å²) < 4.78 is 53.9. The van der Waals surface area contributed by atoms with E-state index in [1.807, 2.05) is 12.2 Å². The van der Waals surface area contributed by atoms with E-state index in [1.54, 1.807) is 0 Å². The number of ether oxygens (including phenoxy) is 4. The lowest BCUT2D eigenvalue weighted by Gasteiger charge is -2.40. The van der Waals surface area contributed by atoms with Crippen LogP contribution in [0.3, 0.4) is 0 Å². The first-order chi connectivity index (χ1) is 28.0. The van der Waals surface area contributed by atoms with Gasteiger partial charge in [0, 0.05) is 12.8 Å². The van der Waals surface area contributed by atoms with Crippen molar-refractivity contribution < 1.29 is 56.8 Å². The van der Waals surface area contributed by atoms with Crippen molar-refractivity contribution in [1.82, 2.24) is 0 Å². The number of hydrogen-bond acceptors (Lipinski definition) is 11. The van der Waals surface area contributed by atoms with Gasteiger partial charge in [0.15, 0.2) is 12.4 Å². The van der Waals surface area contributed by atoms with Gasteiger partial charge in [-0.1, -0.05) is 133 Å². The number of unbranched alkanes of at least 4 members (excludes halogenated alkanes) is 16. The Morgan fingerprint density at radius 2 is 1.05 bits per heavy atom. The van der Waals surface area contributed by atoms with Crippen LogP contribution in [0.4, 0.5) is 0 Å². The Morgan fingerprint density at radius 3 is 1.62 bits per heavy atom. The molecule has 6 atom stereocenters. The van der Waals surface area contributed by atoms with Gasteiger partial charge in [0.25, 0.3) is 10.1 Å². The molecular formula is C45H78O12S. The molecule has 0 saturated carbocycles. The van der Waals surface area contributed by atoms with Crippen molar-refractivity contribution in [3.05, 3.63) is 48.6 Å². The summed E-state index contributed by atoms with van der Waals surface area (Å²) >= 11 is 0. The van der Waals surface area contributed by atoms with Gasteiger partial charge >= 0.3 is 11.9 Å². The Morgan fingerprint density at radius 1 is 0.586 bits per heavy atom. The van der Waals surface area contributed by atoms with Gasteiger partial charge in [0.1, 0.15) is 36.8 Å². The molecule has 336 valence electrons. The average molecular weight is 843 g/mol. The van der Waals surface area contributed by atoms with Crippen molar-refractivity contribution >= 4 is 22.1 Å². The molecule has 12 nitrogen and oxygen atoms in total. The lowest BCUT2D eigenvalue weighted by Crippen LogP contribution is -2.60. The summed E-state index contributed by atoms with van der Waals surface area (Å²) in [5.74, 6) is -2.07. The highest BCUT2D eigenvalue weighted by atomic mass is 32.2. The summed E-state index contributed by atoms with van der Waals surface area (Å²) in [7, 11) is -4.61. The third-order valence-corrected chi connectivity index (χ3v) is 10.6. The van der Waals surface area contributed by atoms with Crippen LogP contribution >= 0.6 is 0 Å². The maximum Gasteiger partial charge on any atom is 0.306 e. The third-order valence-electron chi connectivity index (χ3n) is 9.88. The molecule has 0 aromatic carbocycles. The lowest BCUT2D eigenvalue weighted by molar-refractivity contribution is -0.297. The molecule has 0 radical (unpaired) electrons. The molecule has 0 aliphatic carbocycles. The quantitative estimate of drug-likeness (QED) is 0.0204. The van der Waals surface area contributed by atoms with E-state index in [2.05, 4.69) is 50.3 Å². The average Bonchev–Trinajstić information content (AvgIpc) is 3.18. The summed E-state index contributed by atoms with van der Waals surface area (Å²) in [4.78, 5) is 25.3. The molecule has 0 amide bonds. The standard InChI is InChI=1S/C45H78O12S/c1-3-5-7-9-11-13-15-17-18-19-20-22-24-26-28-30-32-34-41(47)56-38(36-55-45-44(50)43(49)42(48)39(57-45)37-58(51,52)53)35-54-40(46)33-31-29-27-25-23-21-16-14-12-10-8-6-4-2/h14,16-18,20,22,26,28,38-39,42-45,48-50H,3-13,15,19,21,23-25,27,29-37H2,1-2H3,(H,51,52,53)/b16-14+,18-17+,22-20+,28-26+/t38-,39-,42-,43?,44?,45+/m1/s1. The molecule has 0 aromatic heterocycles. The Hall–Kier alpha value is -2.39. The smallest absolute Gasteiger partial charge is 0.306 e. The van der Waals surface area contributed by atoms with Gasteiger partial charge < -0.3 is 34.3 Å². The van der Waals surface area contributed by atoms with Gasteiger partial charge in [-0.2, -0.15) is 8.42 Å². The van der Waals surface area contributed by atoms with E-state index < -0.39 is 71.2 Å². The maximum absolute atomic E-state index is 12.8. The van der Waals surface area contributed by atoms with E-state index in [1.165, 1.54) is 64.2 Å². The number of rotatable bonds is 36. The van der Waals surface area contributed by atoms with Crippen LogP contribution < -0.4 is 0 Å². The second-order valence-corrected chi connectivity index (χ2v) is 16.9. The van der Waals surface area contributed by atoms with Crippen molar-refractivity contribution in [2.45, 2.75) is 205 Å². The predicted octanol–water partition coefficient (Wildman–Crippen LogP) is 8.78. The summed E-state index contributed by atoms with van der Waals surface area (Å²) in [5, 5.41) is 30.8. The third kappa shape index (κ3) is 29.8. The lowest BCUT2D eigenvalue weighted by atomic mass is 10.00. The van der Waals surface area contributed by atoms with E-state index in [4.69, 9.17) is 18.9 Å². The summed E-state index contributed by atoms with van der Waals surface area (Å²) in [6.07, 6.45) is 31.7. The summed E-state index contributed by atoms with van der Waals surface area (Å²) in [5.41, 5.74) is 0. The molecule has 0 aromatic rings. The predicted molar refractivity (Wildman–Crippen MR) is 229 cm³/mol. The van der Waals surface area contributed by atoms with Gasteiger partial charge in [-0.3, -0.25) is 14.1 Å². The highest BCUT2D eigenvalue weighted by Gasteiger charge is 2.46. The van der Waals surface area contributed by atoms with Crippen LogP contribution in [0, 0.1) is 0 Å². The second-order valence-electron chi connectivity index (χ2n) is 15.4. The first kappa shape index (κ1) is 53.6. The van der Waals surface area contributed by atoms with Crippen LogP contribution in [-0.4, -0.2) is 96.0 Å². The van der Waals surface area contributed by atoms with Crippen LogP contribution in [0.1, 0.15) is 168 Å².